The van der Waals surface area contributed by atoms with Crippen LogP contribution in [-0.4, -0.2) is 61.8 Å². The quantitative estimate of drug-likeness (QED) is 0.568. The molecule has 0 spiro atoms. The van der Waals surface area contributed by atoms with Gasteiger partial charge >= 0.3 is 6.18 Å². The number of fused-ring (bicyclic) bond motifs is 2. The molecule has 4 heterocycles. The number of aromatic nitrogens is 5. The Morgan fingerprint density at radius 2 is 1.74 bits per heavy atom. The number of piperidine rings is 1. The topological polar surface area (TPSA) is 110 Å². The van der Waals surface area contributed by atoms with E-state index in [0.29, 0.717) is 24.7 Å². The number of benzene rings is 1. The highest BCUT2D eigenvalue weighted by molar-refractivity contribution is 5.58. The molecule has 2 atom stereocenters. The summed E-state index contributed by atoms with van der Waals surface area (Å²) in [5.41, 5.74) is 6.80. The van der Waals surface area contributed by atoms with Crippen molar-refractivity contribution in [1.29, 1.82) is 0 Å². The van der Waals surface area contributed by atoms with Crippen LogP contribution >= 0.6 is 0 Å². The molecule has 3 aromatic rings. The highest BCUT2D eigenvalue weighted by Crippen LogP contribution is 2.43. The second kappa shape index (κ2) is 8.82. The van der Waals surface area contributed by atoms with E-state index in [2.05, 4.69) is 25.1 Å². The monoisotopic (exact) mass is 474 g/mol. The first-order valence-corrected chi connectivity index (χ1v) is 11.2. The van der Waals surface area contributed by atoms with E-state index in [0.717, 1.165) is 18.5 Å². The Balaban J connectivity index is 1.32. The molecule has 2 N–H and O–H groups in total. The third-order valence-electron chi connectivity index (χ3n) is 6.61. The predicted octanol–water partition coefficient (Wildman–Crippen LogP) is 3.93. The highest BCUT2D eigenvalue weighted by Gasteiger charge is 2.44. The molecule has 0 amide bonds. The van der Waals surface area contributed by atoms with Crippen molar-refractivity contribution in [3.05, 3.63) is 36.2 Å². The van der Waals surface area contributed by atoms with Gasteiger partial charge < -0.3 is 15.2 Å². The number of nitrogens with zero attached hydrogens (tertiary/aromatic N) is 7. The van der Waals surface area contributed by atoms with Crippen LogP contribution < -0.4 is 10.6 Å². The minimum absolute atomic E-state index is 0.00784. The van der Waals surface area contributed by atoms with Crippen molar-refractivity contribution in [3.8, 4) is 11.6 Å². The van der Waals surface area contributed by atoms with Crippen LogP contribution in [0.5, 0.6) is 0 Å². The number of halogens is 3. The van der Waals surface area contributed by atoms with Gasteiger partial charge in [0.25, 0.3) is 0 Å². The normalized spacial score (nSPS) is 22.8. The number of hydrogen-bond donors (Lipinski definition) is 1. The van der Waals surface area contributed by atoms with E-state index < -0.39 is 12.6 Å². The molecule has 34 heavy (non-hydrogen) atoms. The lowest BCUT2D eigenvalue weighted by atomic mass is 9.90. The van der Waals surface area contributed by atoms with Gasteiger partial charge in [-0.05, 0) is 37.8 Å². The number of nitrogens with two attached hydrogens (primary N) is 1. The molecule has 0 aliphatic carbocycles. The number of hydrogen-bond acceptors (Lipinski definition) is 9. The van der Waals surface area contributed by atoms with Crippen LogP contribution in [0.4, 0.5) is 30.8 Å². The summed E-state index contributed by atoms with van der Waals surface area (Å²) in [5.74, 6) is 1.23. The Labute approximate surface area is 194 Å². The van der Waals surface area contributed by atoms with E-state index in [9.17, 15) is 13.2 Å². The Morgan fingerprint density at radius 1 is 1.03 bits per heavy atom. The lowest BCUT2D eigenvalue weighted by Gasteiger charge is -2.37. The first-order chi connectivity index (χ1) is 16.3. The summed E-state index contributed by atoms with van der Waals surface area (Å²) in [6.45, 7) is 0.0441. The van der Waals surface area contributed by atoms with Gasteiger partial charge in [0, 0.05) is 37.3 Å². The molecule has 2 fully saturated rings. The van der Waals surface area contributed by atoms with Crippen molar-refractivity contribution in [2.75, 3.05) is 24.2 Å². The van der Waals surface area contributed by atoms with Crippen LogP contribution in [0.15, 0.2) is 34.9 Å². The Kier molecular flexibility index (Phi) is 5.84. The summed E-state index contributed by atoms with van der Waals surface area (Å²) < 4.78 is 43.7. The number of anilines is 3. The molecule has 12 heteroatoms. The molecule has 2 unspecified atom stereocenters. The van der Waals surface area contributed by atoms with Crippen molar-refractivity contribution in [2.24, 2.45) is 0 Å². The van der Waals surface area contributed by atoms with E-state index in [4.69, 9.17) is 10.3 Å². The largest absolute Gasteiger partial charge is 0.390 e. The number of alkyl halides is 3. The van der Waals surface area contributed by atoms with Crippen LogP contribution in [0.3, 0.4) is 0 Å². The SMILES string of the molecule is CN(c1ccccc1)c1nc(N)nc(-c2noc(C3CC4CCC(C3)N4CCC(F)(F)F)n2)n1. The fourth-order valence-electron chi connectivity index (χ4n) is 4.99. The Bertz CT molecular complexity index is 1120. The Hall–Kier alpha value is -3.28. The van der Waals surface area contributed by atoms with Gasteiger partial charge in [-0.1, -0.05) is 23.4 Å². The van der Waals surface area contributed by atoms with Gasteiger partial charge in [-0.3, -0.25) is 4.90 Å². The van der Waals surface area contributed by atoms with E-state index in [1.54, 1.807) is 4.90 Å². The smallest absolute Gasteiger partial charge is 0.368 e. The third kappa shape index (κ3) is 4.67. The van der Waals surface area contributed by atoms with E-state index in [1.807, 2.05) is 42.3 Å². The summed E-state index contributed by atoms with van der Waals surface area (Å²) in [6, 6.07) is 9.76. The molecule has 180 valence electrons. The minimum atomic E-state index is -4.14. The van der Waals surface area contributed by atoms with E-state index in [-0.39, 0.29) is 42.1 Å². The Morgan fingerprint density at radius 3 is 2.41 bits per heavy atom. The van der Waals surface area contributed by atoms with Crippen molar-refractivity contribution in [2.45, 2.75) is 56.3 Å². The number of rotatable bonds is 6. The van der Waals surface area contributed by atoms with Crippen molar-refractivity contribution in [1.82, 2.24) is 30.0 Å². The summed E-state index contributed by atoms with van der Waals surface area (Å²) in [4.78, 5) is 21.1. The van der Waals surface area contributed by atoms with Gasteiger partial charge in [0.15, 0.2) is 0 Å². The molecule has 5 rings (SSSR count). The van der Waals surface area contributed by atoms with Gasteiger partial charge in [0.1, 0.15) is 0 Å². The van der Waals surface area contributed by atoms with Gasteiger partial charge in [0.05, 0.1) is 6.42 Å². The third-order valence-corrected chi connectivity index (χ3v) is 6.61. The maximum Gasteiger partial charge on any atom is 0.390 e. The molecule has 2 aliphatic rings. The molecule has 0 saturated carbocycles. The molecular formula is C22H25F3N8O. The summed E-state index contributed by atoms with van der Waals surface area (Å²) >= 11 is 0. The minimum Gasteiger partial charge on any atom is -0.368 e. The van der Waals surface area contributed by atoms with Gasteiger partial charge in [-0.15, -0.1) is 0 Å². The van der Waals surface area contributed by atoms with Crippen molar-refractivity contribution < 1.29 is 17.7 Å². The molecular weight excluding hydrogens is 449 g/mol. The zero-order valence-corrected chi connectivity index (χ0v) is 18.6. The van der Waals surface area contributed by atoms with E-state index in [1.165, 1.54) is 0 Å². The standard InChI is InChI=1S/C22H25F3N8O/c1-32(14-5-3-2-4-6-14)21-29-17(28-20(26)30-21)18-27-19(34-31-18)13-11-15-7-8-16(12-13)33(15)10-9-22(23,24)25/h2-6,13,15-16H,7-12H2,1H3,(H2,26,28,29,30). The molecule has 2 bridgehead atoms. The first kappa shape index (κ1) is 22.5. The van der Waals surface area contributed by atoms with Crippen LogP contribution in [0, 0.1) is 0 Å². The summed E-state index contributed by atoms with van der Waals surface area (Å²) in [6.07, 6.45) is -1.76. The van der Waals surface area contributed by atoms with Crippen LogP contribution in [0.25, 0.3) is 11.6 Å². The highest BCUT2D eigenvalue weighted by atomic mass is 19.4. The second-order valence-electron chi connectivity index (χ2n) is 8.82. The molecule has 0 radical (unpaired) electrons. The average molecular weight is 474 g/mol. The lowest BCUT2D eigenvalue weighted by Crippen LogP contribution is -2.43. The molecule has 2 aliphatic heterocycles. The fourth-order valence-corrected chi connectivity index (χ4v) is 4.99. The van der Waals surface area contributed by atoms with Gasteiger partial charge in [-0.2, -0.15) is 33.1 Å². The zero-order chi connectivity index (χ0) is 23.9. The zero-order valence-electron chi connectivity index (χ0n) is 18.6. The van der Waals surface area contributed by atoms with Gasteiger partial charge in [-0.25, -0.2) is 0 Å². The van der Waals surface area contributed by atoms with Crippen molar-refractivity contribution in [3.63, 3.8) is 0 Å². The number of para-hydroxylation sites is 1. The summed E-state index contributed by atoms with van der Waals surface area (Å²) in [7, 11) is 1.82. The first-order valence-electron chi connectivity index (χ1n) is 11.2. The number of nitrogen functional groups attached to an aromatic ring is 1. The van der Waals surface area contributed by atoms with E-state index >= 15 is 0 Å². The molecule has 2 saturated heterocycles. The second-order valence-corrected chi connectivity index (χ2v) is 8.82. The molecule has 1 aromatic carbocycles. The molecule has 2 aromatic heterocycles. The van der Waals surface area contributed by atoms with Crippen LogP contribution in [0.2, 0.25) is 0 Å². The van der Waals surface area contributed by atoms with Gasteiger partial charge in [0.2, 0.25) is 29.4 Å². The average Bonchev–Trinajstić information content (AvgIpc) is 3.39. The van der Waals surface area contributed by atoms with Crippen molar-refractivity contribution >= 4 is 17.6 Å². The van der Waals surface area contributed by atoms with Crippen LogP contribution in [-0.2, 0) is 0 Å². The van der Waals surface area contributed by atoms with Crippen LogP contribution in [0.1, 0.15) is 43.9 Å². The maximum absolute atomic E-state index is 12.7. The predicted molar refractivity (Wildman–Crippen MR) is 118 cm³/mol. The lowest BCUT2D eigenvalue weighted by molar-refractivity contribution is -0.140. The maximum atomic E-state index is 12.7. The molecule has 9 nitrogen and oxygen atoms in total. The summed E-state index contributed by atoms with van der Waals surface area (Å²) in [5, 5.41) is 4.06. The fraction of sp³-hybridized carbons (Fsp3) is 0.500.